The van der Waals surface area contributed by atoms with E-state index in [9.17, 15) is 23.5 Å². The highest BCUT2D eigenvalue weighted by molar-refractivity contribution is 5.97. The Bertz CT molecular complexity index is 661. The fraction of sp³-hybridized carbons (Fsp3) is 0.375. The monoisotopic (exact) mass is 323 g/mol. The number of ether oxygens (including phenoxy) is 1. The van der Waals surface area contributed by atoms with Gasteiger partial charge in [-0.25, -0.2) is 0 Å². The first-order valence-corrected chi connectivity index (χ1v) is 7.23. The fourth-order valence-electron chi connectivity index (χ4n) is 3.50. The van der Waals surface area contributed by atoms with Crippen molar-refractivity contribution >= 4 is 17.6 Å². The lowest BCUT2D eigenvalue weighted by molar-refractivity contribution is -0.146. The summed E-state index contributed by atoms with van der Waals surface area (Å²) < 4.78 is 29.2. The van der Waals surface area contributed by atoms with Crippen LogP contribution >= 0.6 is 0 Å². The van der Waals surface area contributed by atoms with E-state index in [0.29, 0.717) is 6.42 Å². The van der Waals surface area contributed by atoms with E-state index < -0.39 is 30.3 Å². The summed E-state index contributed by atoms with van der Waals surface area (Å²) in [6.07, 6.45) is 4.32. The van der Waals surface area contributed by atoms with Crippen LogP contribution in [0.15, 0.2) is 36.4 Å². The quantitative estimate of drug-likeness (QED) is 0.817. The second-order valence-corrected chi connectivity index (χ2v) is 5.70. The average molecular weight is 323 g/mol. The van der Waals surface area contributed by atoms with Crippen LogP contribution in [-0.4, -0.2) is 23.6 Å². The van der Waals surface area contributed by atoms with Gasteiger partial charge in [0.1, 0.15) is 5.75 Å². The number of allylic oxidation sites excluding steroid dienone is 2. The highest BCUT2D eigenvalue weighted by Crippen LogP contribution is 2.48. The molecule has 2 aliphatic carbocycles. The number of benzene rings is 1. The van der Waals surface area contributed by atoms with Crippen LogP contribution in [0.25, 0.3) is 0 Å². The second-order valence-electron chi connectivity index (χ2n) is 5.70. The summed E-state index contributed by atoms with van der Waals surface area (Å²) in [5, 5.41) is 11.9. The summed E-state index contributed by atoms with van der Waals surface area (Å²) in [6.45, 7) is -3.01. The molecule has 0 spiro atoms. The minimum atomic E-state index is -3.01. The predicted octanol–water partition coefficient (Wildman–Crippen LogP) is 2.75. The van der Waals surface area contributed by atoms with Gasteiger partial charge in [0.2, 0.25) is 5.91 Å². The van der Waals surface area contributed by atoms with Crippen LogP contribution in [0, 0.1) is 23.7 Å². The molecule has 2 bridgehead atoms. The van der Waals surface area contributed by atoms with Crippen molar-refractivity contribution in [3.8, 4) is 5.75 Å². The standard InChI is InChI=1S/C16H15F2NO4/c17-16(18)23-11-4-2-1-3-10(11)19-14(20)12-8-5-6-9(7-8)13(12)15(21)22/h1-6,8-9,12-13,16H,7H2,(H,19,20)(H,21,22)/t8-,9-,12+,13-/m0/s1. The van der Waals surface area contributed by atoms with Crippen molar-refractivity contribution in [1.29, 1.82) is 0 Å². The van der Waals surface area contributed by atoms with Crippen molar-refractivity contribution in [1.82, 2.24) is 0 Å². The summed E-state index contributed by atoms with van der Waals surface area (Å²) in [4.78, 5) is 23.9. The number of amides is 1. The highest BCUT2D eigenvalue weighted by Gasteiger charge is 2.51. The number of aliphatic carboxylic acids is 1. The van der Waals surface area contributed by atoms with Crippen molar-refractivity contribution < 1.29 is 28.2 Å². The molecule has 0 unspecified atom stereocenters. The van der Waals surface area contributed by atoms with E-state index in [2.05, 4.69) is 10.1 Å². The average Bonchev–Trinajstić information content (AvgIpc) is 3.09. The maximum Gasteiger partial charge on any atom is 0.387 e. The summed E-state index contributed by atoms with van der Waals surface area (Å²) in [5.41, 5.74) is 0.105. The third-order valence-electron chi connectivity index (χ3n) is 4.41. The van der Waals surface area contributed by atoms with Gasteiger partial charge in [-0.2, -0.15) is 8.78 Å². The molecule has 0 radical (unpaired) electrons. The Morgan fingerprint density at radius 3 is 2.48 bits per heavy atom. The number of para-hydroxylation sites is 2. The van der Waals surface area contributed by atoms with Gasteiger partial charge in [0.25, 0.3) is 0 Å². The van der Waals surface area contributed by atoms with E-state index in [4.69, 9.17) is 0 Å². The minimum Gasteiger partial charge on any atom is -0.481 e. The molecule has 1 amide bonds. The first-order chi connectivity index (χ1) is 11.0. The van der Waals surface area contributed by atoms with Gasteiger partial charge in [-0.15, -0.1) is 0 Å². The number of fused-ring (bicyclic) bond motifs is 2. The van der Waals surface area contributed by atoms with Gasteiger partial charge in [0.15, 0.2) is 0 Å². The number of hydrogen-bond donors (Lipinski definition) is 2. The topological polar surface area (TPSA) is 75.6 Å². The van der Waals surface area contributed by atoms with Gasteiger partial charge >= 0.3 is 12.6 Å². The number of rotatable bonds is 5. The Morgan fingerprint density at radius 1 is 1.17 bits per heavy atom. The lowest BCUT2D eigenvalue weighted by Crippen LogP contribution is -2.36. The minimum absolute atomic E-state index is 0.105. The zero-order valence-corrected chi connectivity index (χ0v) is 12.0. The largest absolute Gasteiger partial charge is 0.481 e. The maximum atomic E-state index is 12.5. The third kappa shape index (κ3) is 2.91. The molecule has 0 aliphatic heterocycles. The zero-order chi connectivity index (χ0) is 16.6. The van der Waals surface area contributed by atoms with Crippen LogP contribution in [-0.2, 0) is 9.59 Å². The first-order valence-electron chi connectivity index (χ1n) is 7.23. The van der Waals surface area contributed by atoms with Crippen molar-refractivity contribution in [2.75, 3.05) is 5.32 Å². The molecule has 2 N–H and O–H groups in total. The normalized spacial score (nSPS) is 28.1. The SMILES string of the molecule is O=C(O)[C@@H]1[C@H](C(=O)Nc2ccccc2OC(F)F)[C@H]2C=C[C@H]1C2. The summed E-state index contributed by atoms with van der Waals surface area (Å²) in [7, 11) is 0. The molecule has 5 nitrogen and oxygen atoms in total. The molecule has 4 atom stereocenters. The maximum absolute atomic E-state index is 12.5. The van der Waals surface area contributed by atoms with E-state index in [-0.39, 0.29) is 23.3 Å². The third-order valence-corrected chi connectivity index (χ3v) is 4.41. The number of carboxylic acids is 1. The van der Waals surface area contributed by atoms with Gasteiger partial charge in [0, 0.05) is 0 Å². The molecule has 2 aliphatic rings. The lowest BCUT2D eigenvalue weighted by Gasteiger charge is -2.24. The molecular formula is C16H15F2NO4. The Morgan fingerprint density at radius 2 is 1.83 bits per heavy atom. The molecular weight excluding hydrogens is 308 g/mol. The number of carbonyl (C=O) groups excluding carboxylic acids is 1. The Hall–Kier alpha value is -2.44. The van der Waals surface area contributed by atoms with Gasteiger partial charge < -0.3 is 15.2 Å². The molecule has 0 saturated heterocycles. The van der Waals surface area contributed by atoms with Crippen molar-refractivity contribution in [2.45, 2.75) is 13.0 Å². The second kappa shape index (κ2) is 5.98. The van der Waals surface area contributed by atoms with Crippen LogP contribution in [0.1, 0.15) is 6.42 Å². The molecule has 7 heteroatoms. The number of halogens is 2. The van der Waals surface area contributed by atoms with Crippen LogP contribution in [0.3, 0.4) is 0 Å². The van der Waals surface area contributed by atoms with E-state index in [1.807, 2.05) is 12.2 Å². The van der Waals surface area contributed by atoms with E-state index >= 15 is 0 Å². The van der Waals surface area contributed by atoms with Gasteiger partial charge in [-0.1, -0.05) is 24.3 Å². The van der Waals surface area contributed by atoms with Crippen LogP contribution in [0.4, 0.5) is 14.5 Å². The fourth-order valence-corrected chi connectivity index (χ4v) is 3.50. The van der Waals surface area contributed by atoms with E-state index in [1.165, 1.54) is 18.2 Å². The summed E-state index contributed by atoms with van der Waals surface area (Å²) in [6, 6.07) is 5.84. The van der Waals surface area contributed by atoms with Crippen molar-refractivity contribution in [3.63, 3.8) is 0 Å². The highest BCUT2D eigenvalue weighted by atomic mass is 19.3. The van der Waals surface area contributed by atoms with Crippen LogP contribution in [0.2, 0.25) is 0 Å². The van der Waals surface area contributed by atoms with Crippen molar-refractivity contribution in [3.05, 3.63) is 36.4 Å². The van der Waals surface area contributed by atoms with Gasteiger partial charge in [-0.3, -0.25) is 9.59 Å². The summed E-state index contributed by atoms with van der Waals surface area (Å²) >= 11 is 0. The Kier molecular flexibility index (Phi) is 4.02. The molecule has 1 saturated carbocycles. The summed E-state index contributed by atoms with van der Waals surface area (Å²) in [5.74, 6) is -3.43. The molecule has 0 aromatic heterocycles. The number of hydrogen-bond acceptors (Lipinski definition) is 3. The number of anilines is 1. The van der Waals surface area contributed by atoms with E-state index in [1.54, 1.807) is 6.07 Å². The number of carbonyl (C=O) groups is 2. The predicted molar refractivity (Wildman–Crippen MR) is 77.1 cm³/mol. The Balaban J connectivity index is 1.80. The molecule has 1 aromatic carbocycles. The molecule has 1 fully saturated rings. The van der Waals surface area contributed by atoms with Crippen molar-refractivity contribution in [2.24, 2.45) is 23.7 Å². The van der Waals surface area contributed by atoms with Crippen LogP contribution in [0.5, 0.6) is 5.75 Å². The number of alkyl halides is 2. The zero-order valence-electron chi connectivity index (χ0n) is 12.0. The molecule has 1 aromatic rings. The lowest BCUT2D eigenvalue weighted by atomic mass is 9.82. The smallest absolute Gasteiger partial charge is 0.387 e. The van der Waals surface area contributed by atoms with Gasteiger partial charge in [0.05, 0.1) is 17.5 Å². The molecule has 0 heterocycles. The van der Waals surface area contributed by atoms with E-state index in [0.717, 1.165) is 0 Å². The number of nitrogens with one attached hydrogen (secondary N) is 1. The first kappa shape index (κ1) is 15.5. The Labute approximate surface area is 130 Å². The van der Waals surface area contributed by atoms with Crippen LogP contribution < -0.4 is 10.1 Å². The molecule has 3 rings (SSSR count). The van der Waals surface area contributed by atoms with Gasteiger partial charge in [-0.05, 0) is 30.4 Å². The molecule has 23 heavy (non-hydrogen) atoms. The number of carboxylic acid groups (broad SMARTS) is 1. The molecule has 122 valence electrons.